The summed E-state index contributed by atoms with van der Waals surface area (Å²) < 4.78 is 27.2. The Bertz CT molecular complexity index is 518. The van der Waals surface area contributed by atoms with Crippen LogP contribution in [0.4, 0.5) is 0 Å². The van der Waals surface area contributed by atoms with Crippen LogP contribution in [0.2, 0.25) is 5.02 Å². The molecule has 96 valence electrons. The topological polar surface area (TPSA) is 123 Å². The molecule has 0 radical (unpaired) electrons. The van der Waals surface area contributed by atoms with E-state index in [0.717, 1.165) is 4.68 Å². The molecule has 0 fully saturated rings. The van der Waals surface area contributed by atoms with Crippen LogP contribution >= 0.6 is 11.6 Å². The first-order valence-electron chi connectivity index (χ1n) is 4.47. The molecule has 1 aromatic rings. The van der Waals surface area contributed by atoms with Gasteiger partial charge in [-0.1, -0.05) is 16.8 Å². The van der Waals surface area contributed by atoms with E-state index >= 15 is 0 Å². The van der Waals surface area contributed by atoms with Crippen molar-refractivity contribution < 1.29 is 13.6 Å². The Hall–Kier alpha value is -1.32. The van der Waals surface area contributed by atoms with Crippen molar-refractivity contribution in [3.05, 3.63) is 11.2 Å². The molecule has 0 saturated carbocycles. The SMILES string of the molecule is CC(NS(=O)(=O)c1c(Cl)cnn1C)C(N)=NO. The van der Waals surface area contributed by atoms with Gasteiger partial charge in [0.15, 0.2) is 10.9 Å². The molecule has 1 atom stereocenters. The standard InChI is InChI=1S/C7H12ClN5O3S/c1-4(6(9)11-14)12-17(15,16)7-5(8)3-10-13(7)2/h3-4,12,14H,1-2H3,(H2,9,11). The summed E-state index contributed by atoms with van der Waals surface area (Å²) in [5.74, 6) is -0.258. The van der Waals surface area contributed by atoms with Crippen LogP contribution in [0.25, 0.3) is 0 Å². The summed E-state index contributed by atoms with van der Waals surface area (Å²) in [7, 11) is -2.45. The van der Waals surface area contributed by atoms with E-state index in [1.54, 1.807) is 0 Å². The van der Waals surface area contributed by atoms with Crippen molar-refractivity contribution in [2.45, 2.75) is 18.0 Å². The average molecular weight is 282 g/mol. The molecule has 10 heteroatoms. The van der Waals surface area contributed by atoms with Gasteiger partial charge in [-0.2, -0.15) is 9.82 Å². The van der Waals surface area contributed by atoms with Gasteiger partial charge < -0.3 is 10.9 Å². The lowest BCUT2D eigenvalue weighted by Gasteiger charge is -2.12. The van der Waals surface area contributed by atoms with Gasteiger partial charge in [0, 0.05) is 7.05 Å². The summed E-state index contributed by atoms with van der Waals surface area (Å²) in [4.78, 5) is 0. The molecule has 0 spiro atoms. The number of aryl methyl sites for hydroxylation is 1. The van der Waals surface area contributed by atoms with Crippen LogP contribution in [0.5, 0.6) is 0 Å². The van der Waals surface area contributed by atoms with Crippen LogP contribution in [-0.4, -0.2) is 35.3 Å². The number of nitrogens with one attached hydrogen (secondary N) is 1. The number of halogens is 1. The zero-order valence-electron chi connectivity index (χ0n) is 9.12. The van der Waals surface area contributed by atoms with Crippen LogP contribution in [0.15, 0.2) is 16.4 Å². The highest BCUT2D eigenvalue weighted by Gasteiger charge is 2.25. The van der Waals surface area contributed by atoms with Crippen LogP contribution in [0.1, 0.15) is 6.92 Å². The van der Waals surface area contributed by atoms with Crippen LogP contribution in [0.3, 0.4) is 0 Å². The zero-order valence-corrected chi connectivity index (χ0v) is 10.7. The van der Waals surface area contributed by atoms with E-state index in [9.17, 15) is 8.42 Å². The predicted molar refractivity (Wildman–Crippen MR) is 61.4 cm³/mol. The Balaban J connectivity index is 3.06. The lowest BCUT2D eigenvalue weighted by molar-refractivity contribution is 0.316. The van der Waals surface area contributed by atoms with Crippen molar-refractivity contribution in [1.82, 2.24) is 14.5 Å². The first-order valence-corrected chi connectivity index (χ1v) is 6.33. The molecule has 0 saturated heterocycles. The molecular weight excluding hydrogens is 270 g/mol. The lowest BCUT2D eigenvalue weighted by atomic mass is 10.3. The van der Waals surface area contributed by atoms with E-state index < -0.39 is 16.1 Å². The Morgan fingerprint density at radius 3 is 2.76 bits per heavy atom. The molecule has 1 aromatic heterocycles. The predicted octanol–water partition coefficient (Wildman–Crippen LogP) is -0.513. The molecule has 1 heterocycles. The number of oxime groups is 1. The fourth-order valence-electron chi connectivity index (χ4n) is 1.14. The molecule has 8 nitrogen and oxygen atoms in total. The summed E-state index contributed by atoms with van der Waals surface area (Å²) in [6, 6.07) is -0.865. The molecule has 1 unspecified atom stereocenters. The first-order chi connectivity index (χ1) is 7.79. The third kappa shape index (κ3) is 2.87. The molecule has 1 rings (SSSR count). The van der Waals surface area contributed by atoms with E-state index in [2.05, 4.69) is 15.0 Å². The van der Waals surface area contributed by atoms with E-state index in [1.807, 2.05) is 0 Å². The van der Waals surface area contributed by atoms with E-state index in [0.29, 0.717) is 0 Å². The fraction of sp³-hybridized carbons (Fsp3) is 0.429. The second-order valence-corrected chi connectivity index (χ2v) is 5.33. The van der Waals surface area contributed by atoms with E-state index in [-0.39, 0.29) is 15.9 Å². The van der Waals surface area contributed by atoms with Gasteiger partial charge in [0.05, 0.1) is 17.3 Å². The third-order valence-corrected chi connectivity index (χ3v) is 4.03. The Kier molecular flexibility index (Phi) is 3.96. The number of hydrogen-bond acceptors (Lipinski definition) is 5. The van der Waals surface area contributed by atoms with Crippen LogP contribution < -0.4 is 10.5 Å². The molecule has 4 N–H and O–H groups in total. The van der Waals surface area contributed by atoms with Crippen molar-refractivity contribution >= 4 is 27.5 Å². The average Bonchev–Trinajstić information content (AvgIpc) is 2.57. The molecule has 0 bridgehead atoms. The maximum Gasteiger partial charge on any atom is 0.259 e. The maximum atomic E-state index is 11.9. The van der Waals surface area contributed by atoms with E-state index in [4.69, 9.17) is 22.5 Å². The van der Waals surface area contributed by atoms with Gasteiger partial charge in [-0.05, 0) is 6.92 Å². The Labute approximate surface area is 103 Å². The summed E-state index contributed by atoms with van der Waals surface area (Å²) >= 11 is 5.71. The zero-order chi connectivity index (χ0) is 13.2. The largest absolute Gasteiger partial charge is 0.409 e. The summed E-state index contributed by atoms with van der Waals surface area (Å²) in [5, 5.41) is 14.7. The van der Waals surface area contributed by atoms with Gasteiger partial charge in [-0.3, -0.25) is 4.68 Å². The minimum atomic E-state index is -3.89. The molecule has 0 aromatic carbocycles. The Morgan fingerprint density at radius 1 is 1.76 bits per heavy atom. The number of nitrogens with two attached hydrogens (primary N) is 1. The second-order valence-electron chi connectivity index (χ2n) is 3.29. The van der Waals surface area contributed by atoms with Gasteiger partial charge in [0.25, 0.3) is 10.0 Å². The molecule has 0 amide bonds. The molecule has 0 aliphatic carbocycles. The number of nitrogens with zero attached hydrogens (tertiary/aromatic N) is 3. The summed E-state index contributed by atoms with van der Waals surface area (Å²) in [5.41, 5.74) is 5.27. The van der Waals surface area contributed by atoms with Crippen LogP contribution in [-0.2, 0) is 17.1 Å². The molecular formula is C7H12ClN5O3S. The number of sulfonamides is 1. The van der Waals surface area contributed by atoms with Crippen molar-refractivity contribution in [3.63, 3.8) is 0 Å². The molecule has 17 heavy (non-hydrogen) atoms. The number of rotatable bonds is 4. The highest BCUT2D eigenvalue weighted by atomic mass is 35.5. The highest BCUT2D eigenvalue weighted by Crippen LogP contribution is 2.19. The second kappa shape index (κ2) is 4.90. The highest BCUT2D eigenvalue weighted by molar-refractivity contribution is 7.89. The molecule has 0 aliphatic rings. The number of aromatic nitrogens is 2. The first kappa shape index (κ1) is 13.7. The van der Waals surface area contributed by atoms with Gasteiger partial charge in [-0.15, -0.1) is 0 Å². The van der Waals surface area contributed by atoms with Crippen molar-refractivity contribution in [1.29, 1.82) is 0 Å². The monoisotopic (exact) mass is 281 g/mol. The minimum absolute atomic E-state index is 0.00768. The van der Waals surface area contributed by atoms with E-state index in [1.165, 1.54) is 20.2 Å². The lowest BCUT2D eigenvalue weighted by Crippen LogP contribution is -2.42. The summed E-state index contributed by atoms with van der Waals surface area (Å²) in [6.07, 6.45) is 1.21. The smallest absolute Gasteiger partial charge is 0.259 e. The van der Waals surface area contributed by atoms with Crippen molar-refractivity contribution in [3.8, 4) is 0 Å². The minimum Gasteiger partial charge on any atom is -0.409 e. The van der Waals surface area contributed by atoms with Gasteiger partial charge in [-0.25, -0.2) is 8.42 Å². The third-order valence-electron chi connectivity index (χ3n) is 1.99. The van der Waals surface area contributed by atoms with Crippen molar-refractivity contribution in [2.75, 3.05) is 0 Å². The number of amidine groups is 1. The quantitative estimate of drug-likeness (QED) is 0.297. The van der Waals surface area contributed by atoms with Crippen molar-refractivity contribution in [2.24, 2.45) is 17.9 Å². The molecule has 0 aliphatic heterocycles. The van der Waals surface area contributed by atoms with Crippen LogP contribution in [0, 0.1) is 0 Å². The normalized spacial score (nSPS) is 14.9. The Morgan fingerprint density at radius 2 is 2.35 bits per heavy atom. The summed E-state index contributed by atoms with van der Waals surface area (Å²) in [6.45, 7) is 1.43. The number of hydrogen-bond donors (Lipinski definition) is 3. The fourth-order valence-corrected chi connectivity index (χ4v) is 3.01. The van der Waals surface area contributed by atoms with Gasteiger partial charge in [0.2, 0.25) is 0 Å². The van der Waals surface area contributed by atoms with Gasteiger partial charge in [0.1, 0.15) is 0 Å². The maximum absolute atomic E-state index is 11.9. The van der Waals surface area contributed by atoms with Gasteiger partial charge >= 0.3 is 0 Å².